The molecule has 0 bridgehead atoms. The van der Waals surface area contributed by atoms with Crippen LogP contribution < -0.4 is 10.6 Å². The quantitative estimate of drug-likeness (QED) is 0.464. The highest BCUT2D eigenvalue weighted by Gasteiger charge is 2.32. The Morgan fingerprint density at radius 1 is 1.12 bits per heavy atom. The van der Waals surface area contributed by atoms with Crippen LogP contribution in [0.15, 0.2) is 47.5 Å². The molecule has 3 N–H and O–H groups in total. The Bertz CT molecular complexity index is 643. The molecule has 2 rings (SSSR count). The minimum absolute atomic E-state index is 0.0724. The van der Waals surface area contributed by atoms with Gasteiger partial charge in [-0.05, 0) is 18.2 Å². The molecule has 5 nitrogen and oxygen atoms in total. The van der Waals surface area contributed by atoms with Gasteiger partial charge in [-0.3, -0.25) is 0 Å². The number of hydrogen-bond acceptors (Lipinski definition) is 6. The van der Waals surface area contributed by atoms with Crippen molar-refractivity contribution >= 4 is 17.7 Å². The number of benzene rings is 1. The molecule has 1 atom stereocenters. The zero-order valence-corrected chi connectivity index (χ0v) is 14.1. The Morgan fingerprint density at radius 2 is 1.88 bits per heavy atom. The minimum atomic E-state index is -4.49. The van der Waals surface area contributed by atoms with Gasteiger partial charge in [0, 0.05) is 36.5 Å². The highest BCUT2D eigenvalue weighted by Crippen LogP contribution is 2.27. The molecule has 0 fully saturated rings. The molecular weight excluding hydrogens is 353 g/mol. The number of thioether (sulfide) groups is 1. The molecule has 0 aliphatic heterocycles. The summed E-state index contributed by atoms with van der Waals surface area (Å²) >= 11 is 1.56. The second kappa shape index (κ2) is 9.59. The van der Waals surface area contributed by atoms with Gasteiger partial charge in [0.15, 0.2) is 0 Å². The average molecular weight is 372 g/mol. The lowest BCUT2D eigenvalue weighted by molar-refractivity contribution is -0.141. The van der Waals surface area contributed by atoms with E-state index in [2.05, 4.69) is 20.6 Å². The van der Waals surface area contributed by atoms with Gasteiger partial charge in [-0.15, -0.1) is 11.8 Å². The molecule has 25 heavy (non-hydrogen) atoms. The van der Waals surface area contributed by atoms with E-state index in [9.17, 15) is 18.3 Å². The van der Waals surface area contributed by atoms with E-state index in [-0.39, 0.29) is 5.95 Å². The lowest BCUT2D eigenvalue weighted by atomic mass is 10.4. The number of aromatic nitrogens is 2. The van der Waals surface area contributed by atoms with Crippen molar-refractivity contribution in [3.8, 4) is 0 Å². The van der Waals surface area contributed by atoms with Crippen molar-refractivity contribution in [1.82, 2.24) is 15.3 Å². The Hall–Kier alpha value is -1.84. The van der Waals surface area contributed by atoms with Gasteiger partial charge in [-0.25, -0.2) is 9.97 Å². The summed E-state index contributed by atoms with van der Waals surface area (Å²) in [7, 11) is 0. The van der Waals surface area contributed by atoms with E-state index in [4.69, 9.17) is 0 Å². The maximum atomic E-state index is 12.5. The second-order valence-electron chi connectivity index (χ2n) is 5.17. The molecule has 1 aromatic heterocycles. The number of nitrogens with one attached hydrogen (secondary N) is 2. The molecule has 0 saturated carbocycles. The molecule has 0 radical (unpaired) electrons. The number of alkyl halides is 3. The molecule has 0 saturated heterocycles. The molecule has 0 unspecified atom stereocenters. The number of halogens is 3. The molecule has 1 aromatic carbocycles. The summed E-state index contributed by atoms with van der Waals surface area (Å²) in [6.45, 7) is 1.21. The van der Waals surface area contributed by atoms with Crippen LogP contribution in [0.4, 0.5) is 19.1 Å². The van der Waals surface area contributed by atoms with Gasteiger partial charge < -0.3 is 15.7 Å². The van der Waals surface area contributed by atoms with Crippen LogP contribution in [-0.2, 0) is 6.18 Å². The van der Waals surface area contributed by atoms with Crippen LogP contribution in [0.2, 0.25) is 0 Å². The van der Waals surface area contributed by atoms with E-state index >= 15 is 0 Å². The van der Waals surface area contributed by atoms with Gasteiger partial charge in [-0.2, -0.15) is 13.2 Å². The third-order valence-electron chi connectivity index (χ3n) is 3.10. The molecule has 0 aliphatic carbocycles. The Kier molecular flexibility index (Phi) is 7.48. The number of rotatable bonds is 9. The predicted molar refractivity (Wildman–Crippen MR) is 91.6 cm³/mol. The number of anilines is 1. The number of nitrogens with zero attached hydrogens (tertiary/aromatic N) is 2. The molecule has 2 aromatic rings. The summed E-state index contributed by atoms with van der Waals surface area (Å²) < 4.78 is 37.6. The van der Waals surface area contributed by atoms with Crippen LogP contribution in [0.5, 0.6) is 0 Å². The Morgan fingerprint density at radius 3 is 2.60 bits per heavy atom. The van der Waals surface area contributed by atoms with Crippen molar-refractivity contribution in [2.24, 2.45) is 0 Å². The van der Waals surface area contributed by atoms with Gasteiger partial charge in [0.1, 0.15) is 5.69 Å². The van der Waals surface area contributed by atoms with E-state index < -0.39 is 18.0 Å². The summed E-state index contributed by atoms with van der Waals surface area (Å²) in [5.74, 6) is 0.484. The minimum Gasteiger partial charge on any atom is -0.391 e. The molecular formula is C16H19F3N4OS. The first-order chi connectivity index (χ1) is 11.9. The van der Waals surface area contributed by atoms with Crippen LogP contribution in [0.1, 0.15) is 5.69 Å². The highest BCUT2D eigenvalue weighted by atomic mass is 32.2. The summed E-state index contributed by atoms with van der Waals surface area (Å²) in [4.78, 5) is 8.25. The lowest BCUT2D eigenvalue weighted by Gasteiger charge is -2.12. The molecule has 136 valence electrons. The van der Waals surface area contributed by atoms with Crippen molar-refractivity contribution in [2.45, 2.75) is 17.2 Å². The van der Waals surface area contributed by atoms with Crippen molar-refractivity contribution < 1.29 is 18.3 Å². The number of aliphatic hydroxyl groups is 1. The van der Waals surface area contributed by atoms with Crippen LogP contribution in [-0.4, -0.2) is 46.6 Å². The van der Waals surface area contributed by atoms with Crippen molar-refractivity contribution in [3.05, 3.63) is 48.3 Å². The zero-order chi connectivity index (χ0) is 18.1. The monoisotopic (exact) mass is 372 g/mol. The maximum Gasteiger partial charge on any atom is 0.433 e. The highest BCUT2D eigenvalue weighted by molar-refractivity contribution is 7.99. The van der Waals surface area contributed by atoms with Crippen molar-refractivity contribution in [3.63, 3.8) is 0 Å². The molecule has 0 spiro atoms. The van der Waals surface area contributed by atoms with Crippen LogP contribution >= 0.6 is 11.8 Å². The topological polar surface area (TPSA) is 70.1 Å². The first-order valence-electron chi connectivity index (χ1n) is 7.66. The Labute approximate surface area is 148 Å². The Balaban J connectivity index is 1.61. The molecule has 9 heteroatoms. The smallest absolute Gasteiger partial charge is 0.391 e. The molecule has 0 amide bonds. The van der Waals surface area contributed by atoms with Gasteiger partial charge in [-0.1, -0.05) is 18.2 Å². The van der Waals surface area contributed by atoms with E-state index in [1.54, 1.807) is 11.8 Å². The average Bonchev–Trinajstić information content (AvgIpc) is 2.60. The fraction of sp³-hybridized carbons (Fsp3) is 0.375. The number of hydrogen-bond donors (Lipinski definition) is 3. The summed E-state index contributed by atoms with van der Waals surface area (Å²) in [5, 5.41) is 15.6. The molecule has 0 aliphatic rings. The lowest BCUT2D eigenvalue weighted by Crippen LogP contribution is -2.32. The largest absolute Gasteiger partial charge is 0.433 e. The van der Waals surface area contributed by atoms with E-state index in [0.29, 0.717) is 25.4 Å². The van der Waals surface area contributed by atoms with Gasteiger partial charge >= 0.3 is 6.18 Å². The normalized spacial score (nSPS) is 12.8. The predicted octanol–water partition coefficient (Wildman–Crippen LogP) is 2.65. The first-order valence-corrected chi connectivity index (χ1v) is 8.64. The third-order valence-corrected chi connectivity index (χ3v) is 4.25. The van der Waals surface area contributed by atoms with Gasteiger partial charge in [0.2, 0.25) is 5.95 Å². The van der Waals surface area contributed by atoms with E-state index in [1.165, 1.54) is 0 Å². The standard InChI is InChI=1S/C16H19F3N4OS/c17-16(18,19)14-6-7-21-15(23-14)22-9-8-20-10-12(24)11-25-13-4-2-1-3-5-13/h1-7,12,20,24H,8-11H2,(H,21,22,23)/t12-/m1/s1. The maximum absolute atomic E-state index is 12.5. The second-order valence-corrected chi connectivity index (χ2v) is 6.27. The fourth-order valence-corrected chi connectivity index (χ4v) is 2.75. The van der Waals surface area contributed by atoms with Crippen molar-refractivity contribution in [1.29, 1.82) is 0 Å². The third kappa shape index (κ3) is 7.29. The molecule has 1 heterocycles. The fourth-order valence-electron chi connectivity index (χ4n) is 1.90. The van der Waals surface area contributed by atoms with Gasteiger partial charge in [0.05, 0.1) is 6.10 Å². The van der Waals surface area contributed by atoms with Crippen LogP contribution in [0.3, 0.4) is 0 Å². The SMILES string of the molecule is O[C@H](CNCCNc1nccc(C(F)(F)F)n1)CSc1ccccc1. The number of aliphatic hydroxyl groups excluding tert-OH is 1. The summed E-state index contributed by atoms with van der Waals surface area (Å²) in [6.07, 6.45) is -3.94. The van der Waals surface area contributed by atoms with Crippen molar-refractivity contribution in [2.75, 3.05) is 30.7 Å². The van der Waals surface area contributed by atoms with E-state index in [1.807, 2.05) is 30.3 Å². The summed E-state index contributed by atoms with van der Waals surface area (Å²) in [5.41, 5.74) is -0.980. The van der Waals surface area contributed by atoms with Crippen LogP contribution in [0, 0.1) is 0 Å². The first kappa shape index (κ1) is 19.5. The van der Waals surface area contributed by atoms with E-state index in [0.717, 1.165) is 17.2 Å². The zero-order valence-electron chi connectivity index (χ0n) is 13.3. The summed E-state index contributed by atoms with van der Waals surface area (Å²) in [6, 6.07) is 10.6. The van der Waals surface area contributed by atoms with Crippen LogP contribution in [0.25, 0.3) is 0 Å². The van der Waals surface area contributed by atoms with Gasteiger partial charge in [0.25, 0.3) is 0 Å².